The van der Waals surface area contributed by atoms with Gasteiger partial charge in [-0.25, -0.2) is 8.78 Å². The Hall–Kier alpha value is -0.230. The van der Waals surface area contributed by atoms with Crippen molar-refractivity contribution in [1.82, 2.24) is 5.32 Å². The van der Waals surface area contributed by atoms with Gasteiger partial charge in [-0.1, -0.05) is 28.7 Å². The SMILES string of the molecule is Fc1ccc(CNCCCI)cc1F. The van der Waals surface area contributed by atoms with E-state index in [9.17, 15) is 8.78 Å². The smallest absolute Gasteiger partial charge is 0.159 e. The van der Waals surface area contributed by atoms with Crippen molar-refractivity contribution in [2.24, 2.45) is 0 Å². The van der Waals surface area contributed by atoms with Crippen LogP contribution in [-0.2, 0) is 6.54 Å². The van der Waals surface area contributed by atoms with Gasteiger partial charge in [0.2, 0.25) is 0 Å². The van der Waals surface area contributed by atoms with Crippen molar-refractivity contribution in [1.29, 1.82) is 0 Å². The van der Waals surface area contributed by atoms with Gasteiger partial charge in [0, 0.05) is 11.0 Å². The van der Waals surface area contributed by atoms with E-state index in [4.69, 9.17) is 0 Å². The van der Waals surface area contributed by atoms with E-state index in [1.165, 1.54) is 6.07 Å². The fourth-order valence-corrected chi connectivity index (χ4v) is 1.46. The maximum absolute atomic E-state index is 12.8. The van der Waals surface area contributed by atoms with Gasteiger partial charge < -0.3 is 5.32 Å². The van der Waals surface area contributed by atoms with E-state index < -0.39 is 11.6 Å². The van der Waals surface area contributed by atoms with E-state index in [0.717, 1.165) is 29.0 Å². The van der Waals surface area contributed by atoms with Crippen molar-refractivity contribution in [2.45, 2.75) is 13.0 Å². The third-order valence-corrected chi connectivity index (χ3v) is 2.56. The summed E-state index contributed by atoms with van der Waals surface area (Å²) in [7, 11) is 0. The highest BCUT2D eigenvalue weighted by Crippen LogP contribution is 2.08. The van der Waals surface area contributed by atoms with Crippen molar-refractivity contribution in [3.05, 3.63) is 35.4 Å². The second kappa shape index (κ2) is 6.29. The summed E-state index contributed by atoms with van der Waals surface area (Å²) in [5.74, 6) is -1.57. The monoisotopic (exact) mass is 311 g/mol. The average Bonchev–Trinajstić information content (AvgIpc) is 2.18. The molecule has 1 rings (SSSR count). The molecule has 0 radical (unpaired) electrons. The summed E-state index contributed by atoms with van der Waals surface area (Å²) < 4.78 is 26.4. The highest BCUT2D eigenvalue weighted by Gasteiger charge is 2.01. The van der Waals surface area contributed by atoms with Gasteiger partial charge in [0.1, 0.15) is 0 Å². The molecule has 0 aliphatic rings. The molecule has 0 heterocycles. The molecule has 0 bridgehead atoms. The second-order valence-corrected chi connectivity index (χ2v) is 4.05. The maximum atomic E-state index is 12.8. The third-order valence-electron chi connectivity index (χ3n) is 1.80. The average molecular weight is 311 g/mol. The molecule has 0 fully saturated rings. The third kappa shape index (κ3) is 3.88. The zero-order valence-electron chi connectivity index (χ0n) is 7.69. The topological polar surface area (TPSA) is 12.0 Å². The van der Waals surface area contributed by atoms with Crippen LogP contribution < -0.4 is 5.32 Å². The molecule has 1 aromatic rings. The normalized spacial score (nSPS) is 10.5. The van der Waals surface area contributed by atoms with E-state index in [-0.39, 0.29) is 0 Å². The Kier molecular flexibility index (Phi) is 5.32. The molecule has 0 unspecified atom stereocenters. The second-order valence-electron chi connectivity index (χ2n) is 2.97. The summed E-state index contributed by atoms with van der Waals surface area (Å²) in [6.45, 7) is 1.50. The van der Waals surface area contributed by atoms with E-state index in [1.54, 1.807) is 6.07 Å². The number of hydrogen-bond acceptors (Lipinski definition) is 1. The number of rotatable bonds is 5. The van der Waals surface area contributed by atoms with Crippen LogP contribution in [0, 0.1) is 11.6 Å². The minimum Gasteiger partial charge on any atom is -0.313 e. The van der Waals surface area contributed by atoms with Crippen molar-refractivity contribution < 1.29 is 8.78 Å². The summed E-state index contributed by atoms with van der Waals surface area (Å²) in [5, 5.41) is 3.16. The van der Waals surface area contributed by atoms with E-state index >= 15 is 0 Å². The van der Waals surface area contributed by atoms with Crippen LogP contribution in [0.3, 0.4) is 0 Å². The molecule has 4 heteroatoms. The first-order valence-electron chi connectivity index (χ1n) is 4.44. The summed E-state index contributed by atoms with van der Waals surface area (Å²) in [5.41, 5.74) is 0.775. The van der Waals surface area contributed by atoms with Crippen LogP contribution in [-0.4, -0.2) is 11.0 Å². The molecule has 0 amide bonds. The van der Waals surface area contributed by atoms with Gasteiger partial charge in [0.05, 0.1) is 0 Å². The number of nitrogens with one attached hydrogen (secondary N) is 1. The van der Waals surface area contributed by atoms with Crippen LogP contribution in [0.15, 0.2) is 18.2 Å². The van der Waals surface area contributed by atoms with Crippen molar-refractivity contribution in [3.8, 4) is 0 Å². The highest BCUT2D eigenvalue weighted by molar-refractivity contribution is 14.1. The molecule has 1 nitrogen and oxygen atoms in total. The van der Waals surface area contributed by atoms with Crippen molar-refractivity contribution >= 4 is 22.6 Å². The van der Waals surface area contributed by atoms with Crippen LogP contribution in [0.5, 0.6) is 0 Å². The lowest BCUT2D eigenvalue weighted by Gasteiger charge is -2.03. The molecule has 0 saturated heterocycles. The van der Waals surface area contributed by atoms with Crippen LogP contribution in [0.2, 0.25) is 0 Å². The van der Waals surface area contributed by atoms with Gasteiger partial charge in [-0.05, 0) is 30.7 Å². The first-order valence-corrected chi connectivity index (χ1v) is 5.97. The highest BCUT2D eigenvalue weighted by atomic mass is 127. The van der Waals surface area contributed by atoms with Crippen molar-refractivity contribution in [3.63, 3.8) is 0 Å². The molecular formula is C10H12F2IN. The number of hydrogen-bond donors (Lipinski definition) is 1. The largest absolute Gasteiger partial charge is 0.313 e. The van der Waals surface area contributed by atoms with E-state index in [1.807, 2.05) is 0 Å². The Morgan fingerprint density at radius 1 is 1.21 bits per heavy atom. The lowest BCUT2D eigenvalue weighted by molar-refractivity contribution is 0.506. The standard InChI is InChI=1S/C10H12F2IN/c11-9-3-2-8(6-10(9)12)7-14-5-1-4-13/h2-3,6,14H,1,4-5,7H2. The van der Waals surface area contributed by atoms with Gasteiger partial charge in [0.15, 0.2) is 11.6 Å². The van der Waals surface area contributed by atoms with Gasteiger partial charge in [0.25, 0.3) is 0 Å². The van der Waals surface area contributed by atoms with Gasteiger partial charge in [-0.15, -0.1) is 0 Å². The fourth-order valence-electron chi connectivity index (χ4n) is 1.07. The molecule has 0 aromatic heterocycles. The van der Waals surface area contributed by atoms with Gasteiger partial charge in [-0.2, -0.15) is 0 Å². The summed E-state index contributed by atoms with van der Waals surface area (Å²) >= 11 is 2.30. The number of benzene rings is 1. The van der Waals surface area contributed by atoms with E-state index in [2.05, 4.69) is 27.9 Å². The Morgan fingerprint density at radius 3 is 2.64 bits per heavy atom. The minimum absolute atomic E-state index is 0.591. The van der Waals surface area contributed by atoms with E-state index in [0.29, 0.717) is 6.54 Å². The molecular weight excluding hydrogens is 299 g/mol. The van der Waals surface area contributed by atoms with Crippen LogP contribution >= 0.6 is 22.6 Å². The van der Waals surface area contributed by atoms with Gasteiger partial charge in [-0.3, -0.25) is 0 Å². The van der Waals surface area contributed by atoms with Crippen LogP contribution in [0.25, 0.3) is 0 Å². The molecule has 0 spiro atoms. The maximum Gasteiger partial charge on any atom is 0.159 e. The molecule has 0 aliphatic carbocycles. The molecule has 0 saturated carbocycles. The predicted molar refractivity (Wildman–Crippen MR) is 61.6 cm³/mol. The molecule has 0 atom stereocenters. The Labute approximate surface area is 96.0 Å². The summed E-state index contributed by atoms with van der Waals surface area (Å²) in [4.78, 5) is 0. The Bertz CT molecular complexity index is 291. The number of halogens is 3. The molecule has 14 heavy (non-hydrogen) atoms. The zero-order valence-corrected chi connectivity index (χ0v) is 9.85. The Morgan fingerprint density at radius 2 is 2.00 bits per heavy atom. The number of alkyl halides is 1. The summed E-state index contributed by atoms with van der Waals surface area (Å²) in [6.07, 6.45) is 1.09. The zero-order chi connectivity index (χ0) is 10.4. The van der Waals surface area contributed by atoms with Gasteiger partial charge >= 0.3 is 0 Å². The predicted octanol–water partition coefficient (Wildman–Crippen LogP) is 2.88. The first kappa shape index (κ1) is 11.8. The molecule has 1 aromatic carbocycles. The molecule has 1 N–H and O–H groups in total. The Balaban J connectivity index is 2.39. The molecule has 78 valence electrons. The lowest BCUT2D eigenvalue weighted by atomic mass is 10.2. The van der Waals surface area contributed by atoms with Crippen LogP contribution in [0.4, 0.5) is 8.78 Å². The molecule has 0 aliphatic heterocycles. The van der Waals surface area contributed by atoms with Crippen molar-refractivity contribution in [2.75, 3.05) is 11.0 Å². The van der Waals surface area contributed by atoms with Crippen LogP contribution in [0.1, 0.15) is 12.0 Å². The lowest BCUT2D eigenvalue weighted by Crippen LogP contribution is -2.15. The summed E-state index contributed by atoms with van der Waals surface area (Å²) in [6, 6.07) is 3.98. The quantitative estimate of drug-likeness (QED) is 0.501. The minimum atomic E-state index is -0.791. The fraction of sp³-hybridized carbons (Fsp3) is 0.400. The first-order chi connectivity index (χ1) is 6.74.